The molecule has 6 nitrogen and oxygen atoms in total. The number of hydrogen-bond acceptors (Lipinski definition) is 6. The van der Waals surface area contributed by atoms with Crippen LogP contribution in [0.5, 0.6) is 5.75 Å². The normalized spacial score (nSPS) is 15.4. The van der Waals surface area contributed by atoms with Crippen molar-refractivity contribution in [2.45, 2.75) is 32.8 Å². The highest BCUT2D eigenvalue weighted by Crippen LogP contribution is 2.38. The van der Waals surface area contributed by atoms with Crippen molar-refractivity contribution in [3.63, 3.8) is 0 Å². The lowest BCUT2D eigenvalue weighted by Gasteiger charge is -2.33. The van der Waals surface area contributed by atoms with Gasteiger partial charge in [0.25, 0.3) is 5.91 Å². The predicted molar refractivity (Wildman–Crippen MR) is 120 cm³/mol. The molecule has 1 aromatic heterocycles. The summed E-state index contributed by atoms with van der Waals surface area (Å²) in [6.07, 6.45) is 0.312. The van der Waals surface area contributed by atoms with Crippen LogP contribution in [-0.2, 0) is 20.7 Å². The fourth-order valence-corrected chi connectivity index (χ4v) is 4.37. The Kier molecular flexibility index (Phi) is 6.32. The molecule has 2 aromatic carbocycles. The van der Waals surface area contributed by atoms with Gasteiger partial charge in [-0.3, -0.25) is 9.59 Å². The molecule has 0 saturated carbocycles. The molecule has 1 aliphatic heterocycles. The predicted octanol–water partition coefficient (Wildman–Crippen LogP) is 4.47. The number of nitrogens with zero attached hydrogens (tertiary/aromatic N) is 2. The first-order valence-electron chi connectivity index (χ1n) is 10.3. The number of rotatable bonds is 7. The highest BCUT2D eigenvalue weighted by atomic mass is 32.1. The van der Waals surface area contributed by atoms with Crippen molar-refractivity contribution in [3.8, 4) is 17.0 Å². The van der Waals surface area contributed by atoms with Crippen LogP contribution >= 0.6 is 11.3 Å². The van der Waals surface area contributed by atoms with Crippen LogP contribution in [0.1, 0.15) is 30.8 Å². The first-order chi connectivity index (χ1) is 15.0. The summed E-state index contributed by atoms with van der Waals surface area (Å²) < 4.78 is 10.8. The summed E-state index contributed by atoms with van der Waals surface area (Å²) in [6.45, 7) is 4.05. The second-order valence-electron chi connectivity index (χ2n) is 7.28. The number of esters is 1. The van der Waals surface area contributed by atoms with Gasteiger partial charge in [0.15, 0.2) is 6.10 Å². The standard InChI is InChI=1S/C24H24N2O4S/c1-3-29-23(27)11-12-26-20-14-18(9-10-21(20)30-16(2)24(26)28)19-15-31-22(25-19)13-17-7-5-4-6-8-17/h4-10,14-16H,3,11-13H2,1-2H3. The van der Waals surface area contributed by atoms with Gasteiger partial charge >= 0.3 is 5.97 Å². The summed E-state index contributed by atoms with van der Waals surface area (Å²) >= 11 is 1.61. The van der Waals surface area contributed by atoms with E-state index in [4.69, 9.17) is 14.5 Å². The van der Waals surface area contributed by atoms with E-state index in [0.29, 0.717) is 18.0 Å². The number of thiazole rings is 1. The van der Waals surface area contributed by atoms with E-state index in [1.807, 2.05) is 41.8 Å². The van der Waals surface area contributed by atoms with Crippen molar-refractivity contribution in [1.82, 2.24) is 4.98 Å². The number of ether oxygens (including phenoxy) is 2. The molecule has 0 bridgehead atoms. The molecule has 31 heavy (non-hydrogen) atoms. The minimum Gasteiger partial charge on any atom is -0.479 e. The van der Waals surface area contributed by atoms with Crippen LogP contribution in [0.15, 0.2) is 53.9 Å². The van der Waals surface area contributed by atoms with E-state index in [2.05, 4.69) is 12.1 Å². The fourth-order valence-electron chi connectivity index (χ4n) is 3.53. The summed E-state index contributed by atoms with van der Waals surface area (Å²) in [4.78, 5) is 31.0. The Morgan fingerprint density at radius 1 is 1.23 bits per heavy atom. The second kappa shape index (κ2) is 9.31. The minimum atomic E-state index is -0.600. The average Bonchev–Trinajstić information content (AvgIpc) is 3.23. The quantitative estimate of drug-likeness (QED) is 0.511. The van der Waals surface area contributed by atoms with Crippen LogP contribution < -0.4 is 9.64 Å². The maximum atomic E-state index is 12.7. The zero-order chi connectivity index (χ0) is 21.8. The van der Waals surface area contributed by atoms with Gasteiger partial charge in [0, 0.05) is 23.9 Å². The maximum absolute atomic E-state index is 12.7. The minimum absolute atomic E-state index is 0.133. The van der Waals surface area contributed by atoms with Gasteiger partial charge in [-0.2, -0.15) is 0 Å². The monoisotopic (exact) mass is 436 g/mol. The highest BCUT2D eigenvalue weighted by Gasteiger charge is 2.32. The van der Waals surface area contributed by atoms with Crippen LogP contribution in [0.4, 0.5) is 5.69 Å². The van der Waals surface area contributed by atoms with E-state index in [1.165, 1.54) is 5.56 Å². The molecule has 7 heteroatoms. The molecule has 0 aliphatic carbocycles. The third kappa shape index (κ3) is 4.77. The summed E-state index contributed by atoms with van der Waals surface area (Å²) in [5, 5.41) is 3.05. The van der Waals surface area contributed by atoms with Gasteiger partial charge in [0.05, 0.1) is 29.4 Å². The molecule has 160 valence electrons. The van der Waals surface area contributed by atoms with Crippen molar-refractivity contribution < 1.29 is 19.1 Å². The molecular weight excluding hydrogens is 412 g/mol. The lowest BCUT2D eigenvalue weighted by molar-refractivity contribution is -0.142. The number of hydrogen-bond donors (Lipinski definition) is 0. The van der Waals surface area contributed by atoms with Gasteiger partial charge in [-0.15, -0.1) is 11.3 Å². The topological polar surface area (TPSA) is 68.7 Å². The van der Waals surface area contributed by atoms with Gasteiger partial charge in [-0.25, -0.2) is 4.98 Å². The van der Waals surface area contributed by atoms with Gasteiger partial charge in [0.1, 0.15) is 5.75 Å². The molecular formula is C24H24N2O4S. The third-order valence-electron chi connectivity index (χ3n) is 5.06. The molecule has 1 amide bonds. The van der Waals surface area contributed by atoms with E-state index in [9.17, 15) is 9.59 Å². The number of carbonyl (C=O) groups excluding carboxylic acids is 2. The molecule has 0 saturated heterocycles. The molecule has 0 radical (unpaired) electrons. The van der Waals surface area contributed by atoms with Crippen molar-refractivity contribution in [2.24, 2.45) is 0 Å². The number of benzene rings is 2. The Morgan fingerprint density at radius 2 is 2.03 bits per heavy atom. The molecule has 0 N–H and O–H groups in total. The Bertz CT molecular complexity index is 1080. The van der Waals surface area contributed by atoms with Gasteiger partial charge < -0.3 is 14.4 Å². The number of aromatic nitrogens is 1. The highest BCUT2D eigenvalue weighted by molar-refractivity contribution is 7.10. The number of amides is 1. The summed E-state index contributed by atoms with van der Waals surface area (Å²) in [6, 6.07) is 15.9. The first-order valence-corrected chi connectivity index (χ1v) is 11.2. The number of carbonyl (C=O) groups is 2. The molecule has 1 unspecified atom stereocenters. The molecule has 2 heterocycles. The number of fused-ring (bicyclic) bond motifs is 1. The van der Waals surface area contributed by atoms with Gasteiger partial charge in [0.2, 0.25) is 0 Å². The average molecular weight is 437 g/mol. The van der Waals surface area contributed by atoms with Crippen molar-refractivity contribution in [3.05, 3.63) is 64.5 Å². The van der Waals surface area contributed by atoms with E-state index >= 15 is 0 Å². The van der Waals surface area contributed by atoms with E-state index in [-0.39, 0.29) is 24.8 Å². The second-order valence-corrected chi connectivity index (χ2v) is 8.22. The Hall–Kier alpha value is -3.19. The fraction of sp³-hybridized carbons (Fsp3) is 0.292. The van der Waals surface area contributed by atoms with E-state index < -0.39 is 6.10 Å². The van der Waals surface area contributed by atoms with Crippen LogP contribution in [0.2, 0.25) is 0 Å². The lowest BCUT2D eigenvalue weighted by atomic mass is 10.1. The van der Waals surface area contributed by atoms with Crippen LogP contribution in [-0.4, -0.2) is 36.1 Å². The van der Waals surface area contributed by atoms with E-state index in [0.717, 1.165) is 22.7 Å². The zero-order valence-electron chi connectivity index (χ0n) is 17.5. The molecule has 1 atom stereocenters. The lowest BCUT2D eigenvalue weighted by Crippen LogP contribution is -2.45. The summed E-state index contributed by atoms with van der Waals surface area (Å²) in [5.41, 5.74) is 3.63. The maximum Gasteiger partial charge on any atom is 0.307 e. The SMILES string of the molecule is CCOC(=O)CCN1C(=O)C(C)Oc2ccc(-c3csc(Cc4ccccc4)n3)cc21. The van der Waals surface area contributed by atoms with Crippen molar-refractivity contribution >= 4 is 28.9 Å². The number of anilines is 1. The Balaban J connectivity index is 1.58. The van der Waals surface area contributed by atoms with Crippen molar-refractivity contribution in [1.29, 1.82) is 0 Å². The summed E-state index contributed by atoms with van der Waals surface area (Å²) in [7, 11) is 0. The first kappa shape index (κ1) is 21.1. The third-order valence-corrected chi connectivity index (χ3v) is 5.91. The van der Waals surface area contributed by atoms with E-state index in [1.54, 1.807) is 30.1 Å². The van der Waals surface area contributed by atoms with Gasteiger partial charge in [-0.05, 0) is 37.6 Å². The zero-order valence-corrected chi connectivity index (χ0v) is 18.4. The summed E-state index contributed by atoms with van der Waals surface area (Å²) in [5.74, 6) is 0.133. The molecule has 1 aliphatic rings. The molecule has 0 fully saturated rings. The van der Waals surface area contributed by atoms with Crippen LogP contribution in [0, 0.1) is 0 Å². The van der Waals surface area contributed by atoms with Crippen LogP contribution in [0.3, 0.4) is 0 Å². The van der Waals surface area contributed by atoms with Crippen LogP contribution in [0.25, 0.3) is 11.3 Å². The van der Waals surface area contributed by atoms with Gasteiger partial charge in [-0.1, -0.05) is 30.3 Å². The smallest absolute Gasteiger partial charge is 0.307 e. The Morgan fingerprint density at radius 3 is 2.81 bits per heavy atom. The Labute approximate surface area is 185 Å². The molecule has 0 spiro atoms. The largest absolute Gasteiger partial charge is 0.479 e. The molecule has 4 rings (SSSR count). The van der Waals surface area contributed by atoms with Crippen molar-refractivity contribution in [2.75, 3.05) is 18.1 Å². The molecule has 3 aromatic rings.